The number of fused-ring (bicyclic) bond motifs is 1. The van der Waals surface area contributed by atoms with Crippen LogP contribution in [-0.2, 0) is 18.4 Å². The standard InChI is InChI=1S/C19H21N5O3S/c1-21(13-8-4-3-5-9-13)14(25)12-24-16-15(17(26)22(2)19(24)27)28-18(20-16)23-10-6-7-11-23/h3-5,8-9H,6-7,10-12H2,1-2H3. The van der Waals surface area contributed by atoms with Crippen LogP contribution in [0.2, 0.25) is 0 Å². The van der Waals surface area contributed by atoms with Crippen LogP contribution in [0.4, 0.5) is 10.8 Å². The Kier molecular flexibility index (Phi) is 4.76. The zero-order valence-electron chi connectivity index (χ0n) is 15.8. The Hall–Kier alpha value is -2.94. The van der Waals surface area contributed by atoms with Crippen molar-refractivity contribution in [3.63, 3.8) is 0 Å². The minimum atomic E-state index is -0.536. The maximum Gasteiger partial charge on any atom is 0.332 e. The molecule has 146 valence electrons. The van der Waals surface area contributed by atoms with Crippen LogP contribution in [0, 0.1) is 0 Å². The first-order valence-electron chi connectivity index (χ1n) is 9.14. The maximum atomic E-state index is 12.8. The van der Waals surface area contributed by atoms with E-state index in [2.05, 4.69) is 9.88 Å². The number of hydrogen-bond acceptors (Lipinski definition) is 6. The Morgan fingerprint density at radius 1 is 1.18 bits per heavy atom. The summed E-state index contributed by atoms with van der Waals surface area (Å²) in [4.78, 5) is 46.3. The van der Waals surface area contributed by atoms with Gasteiger partial charge in [0.05, 0.1) is 0 Å². The number of para-hydroxylation sites is 1. The van der Waals surface area contributed by atoms with E-state index >= 15 is 0 Å². The monoisotopic (exact) mass is 399 g/mol. The number of hydrogen-bond donors (Lipinski definition) is 0. The minimum Gasteiger partial charge on any atom is -0.348 e. The lowest BCUT2D eigenvalue weighted by molar-refractivity contribution is -0.118. The van der Waals surface area contributed by atoms with Crippen molar-refractivity contribution in [2.24, 2.45) is 7.05 Å². The Morgan fingerprint density at radius 2 is 1.86 bits per heavy atom. The lowest BCUT2D eigenvalue weighted by atomic mass is 10.3. The number of anilines is 2. The van der Waals surface area contributed by atoms with Gasteiger partial charge in [-0.25, -0.2) is 9.78 Å². The van der Waals surface area contributed by atoms with Gasteiger partial charge in [0.15, 0.2) is 10.8 Å². The van der Waals surface area contributed by atoms with E-state index in [0.29, 0.717) is 4.70 Å². The van der Waals surface area contributed by atoms with Crippen molar-refractivity contribution in [1.29, 1.82) is 0 Å². The molecule has 0 atom stereocenters. The molecule has 28 heavy (non-hydrogen) atoms. The largest absolute Gasteiger partial charge is 0.348 e. The third-order valence-electron chi connectivity index (χ3n) is 5.06. The first-order valence-corrected chi connectivity index (χ1v) is 9.96. The lowest BCUT2D eigenvalue weighted by Gasteiger charge is -2.18. The molecule has 0 unspecified atom stereocenters. The number of amides is 1. The molecule has 8 nitrogen and oxygen atoms in total. The quantitative estimate of drug-likeness (QED) is 0.663. The van der Waals surface area contributed by atoms with Gasteiger partial charge in [-0.15, -0.1) is 0 Å². The second-order valence-electron chi connectivity index (χ2n) is 6.86. The first-order chi connectivity index (χ1) is 13.5. The average molecular weight is 399 g/mol. The summed E-state index contributed by atoms with van der Waals surface area (Å²) in [5.74, 6) is -0.260. The number of benzene rings is 1. The van der Waals surface area contributed by atoms with E-state index in [-0.39, 0.29) is 23.7 Å². The highest BCUT2D eigenvalue weighted by Crippen LogP contribution is 2.28. The van der Waals surface area contributed by atoms with Gasteiger partial charge >= 0.3 is 5.69 Å². The van der Waals surface area contributed by atoms with Crippen molar-refractivity contribution in [3.05, 3.63) is 51.2 Å². The van der Waals surface area contributed by atoms with E-state index in [1.165, 1.54) is 27.9 Å². The second-order valence-corrected chi connectivity index (χ2v) is 7.84. The van der Waals surface area contributed by atoms with Crippen LogP contribution >= 0.6 is 11.3 Å². The second kappa shape index (κ2) is 7.23. The molecule has 3 aromatic rings. The average Bonchev–Trinajstić information content (AvgIpc) is 3.39. The summed E-state index contributed by atoms with van der Waals surface area (Å²) >= 11 is 1.29. The highest BCUT2D eigenvalue weighted by atomic mass is 32.1. The predicted molar refractivity (Wildman–Crippen MR) is 110 cm³/mol. The van der Waals surface area contributed by atoms with Crippen LogP contribution in [0.5, 0.6) is 0 Å². The van der Waals surface area contributed by atoms with E-state index in [1.54, 1.807) is 7.05 Å². The number of carbonyl (C=O) groups excluding carboxylic acids is 1. The van der Waals surface area contributed by atoms with Gasteiger partial charge in [0, 0.05) is 32.9 Å². The molecular weight excluding hydrogens is 378 g/mol. The fourth-order valence-corrected chi connectivity index (χ4v) is 4.46. The molecule has 0 spiro atoms. The van der Waals surface area contributed by atoms with Crippen LogP contribution in [0.15, 0.2) is 39.9 Å². The lowest BCUT2D eigenvalue weighted by Crippen LogP contribution is -2.41. The molecule has 0 aliphatic carbocycles. The van der Waals surface area contributed by atoms with Crippen molar-refractivity contribution < 1.29 is 4.79 Å². The maximum absolute atomic E-state index is 12.8. The van der Waals surface area contributed by atoms with Crippen LogP contribution in [0.3, 0.4) is 0 Å². The van der Waals surface area contributed by atoms with Crippen molar-refractivity contribution in [1.82, 2.24) is 14.1 Å². The van der Waals surface area contributed by atoms with Crippen molar-refractivity contribution in [3.8, 4) is 0 Å². The summed E-state index contributed by atoms with van der Waals surface area (Å²) in [5, 5.41) is 0.729. The highest BCUT2D eigenvalue weighted by Gasteiger charge is 2.23. The van der Waals surface area contributed by atoms with Crippen LogP contribution in [-0.4, -0.2) is 40.2 Å². The Balaban J connectivity index is 1.76. The third kappa shape index (κ3) is 3.11. The van der Waals surface area contributed by atoms with Gasteiger partial charge in [0.1, 0.15) is 11.2 Å². The molecule has 0 N–H and O–H groups in total. The van der Waals surface area contributed by atoms with Crippen LogP contribution in [0.25, 0.3) is 10.3 Å². The van der Waals surface area contributed by atoms with E-state index in [4.69, 9.17) is 0 Å². The van der Waals surface area contributed by atoms with Crippen LogP contribution in [0.1, 0.15) is 12.8 Å². The van der Waals surface area contributed by atoms with Crippen LogP contribution < -0.4 is 21.0 Å². The van der Waals surface area contributed by atoms with Crippen molar-refractivity contribution in [2.45, 2.75) is 19.4 Å². The van der Waals surface area contributed by atoms with E-state index in [0.717, 1.165) is 41.3 Å². The number of rotatable bonds is 4. The van der Waals surface area contributed by atoms with Gasteiger partial charge in [-0.05, 0) is 25.0 Å². The van der Waals surface area contributed by atoms with Crippen molar-refractivity contribution >= 4 is 38.4 Å². The highest BCUT2D eigenvalue weighted by molar-refractivity contribution is 7.22. The van der Waals surface area contributed by atoms with Gasteiger partial charge in [-0.2, -0.15) is 0 Å². The zero-order chi connectivity index (χ0) is 19.8. The van der Waals surface area contributed by atoms with E-state index < -0.39 is 5.69 Å². The van der Waals surface area contributed by atoms with Gasteiger partial charge in [0.2, 0.25) is 5.91 Å². The summed E-state index contributed by atoms with van der Waals surface area (Å²) in [6, 6.07) is 9.21. The van der Waals surface area contributed by atoms with Gasteiger partial charge < -0.3 is 9.80 Å². The number of likely N-dealkylation sites (N-methyl/N-ethyl adjacent to an activating group) is 1. The molecule has 0 saturated carbocycles. The summed E-state index contributed by atoms with van der Waals surface area (Å²) < 4.78 is 2.75. The molecule has 1 aliphatic heterocycles. The molecule has 1 aromatic carbocycles. The Labute approximate surface area is 165 Å². The van der Waals surface area contributed by atoms with Crippen molar-refractivity contribution in [2.75, 3.05) is 29.9 Å². The molecule has 1 amide bonds. The Bertz CT molecular complexity index is 1140. The third-order valence-corrected chi connectivity index (χ3v) is 6.15. The molecular formula is C19H21N5O3S. The zero-order valence-corrected chi connectivity index (χ0v) is 16.6. The fraction of sp³-hybridized carbons (Fsp3) is 0.368. The summed E-state index contributed by atoms with van der Waals surface area (Å²) in [5.41, 5.74) is 0.112. The first kappa shape index (κ1) is 18.4. The number of thiazole rings is 1. The van der Waals surface area contributed by atoms with Gasteiger partial charge in [-0.3, -0.25) is 18.7 Å². The molecule has 4 rings (SSSR count). The number of aromatic nitrogens is 3. The Morgan fingerprint density at radius 3 is 2.54 bits per heavy atom. The molecule has 2 aromatic heterocycles. The molecule has 1 saturated heterocycles. The topological polar surface area (TPSA) is 80.4 Å². The molecule has 9 heteroatoms. The van der Waals surface area contributed by atoms with Gasteiger partial charge in [-0.1, -0.05) is 29.5 Å². The molecule has 1 fully saturated rings. The van der Waals surface area contributed by atoms with Gasteiger partial charge in [0.25, 0.3) is 5.56 Å². The minimum absolute atomic E-state index is 0.183. The SMILES string of the molecule is CN(C(=O)Cn1c(=O)n(C)c(=O)c2sc(N3CCCC3)nc21)c1ccccc1. The van der Waals surface area contributed by atoms with E-state index in [9.17, 15) is 14.4 Å². The summed E-state index contributed by atoms with van der Waals surface area (Å²) in [6.07, 6.45) is 2.17. The predicted octanol–water partition coefficient (Wildman–Crippen LogP) is 1.42. The summed E-state index contributed by atoms with van der Waals surface area (Å²) in [6.45, 7) is 1.60. The number of nitrogens with zero attached hydrogens (tertiary/aromatic N) is 5. The molecule has 1 aliphatic rings. The summed E-state index contributed by atoms with van der Waals surface area (Å²) in [7, 11) is 3.10. The normalized spacial score (nSPS) is 14.0. The number of carbonyl (C=O) groups is 1. The fourth-order valence-electron chi connectivity index (χ4n) is 3.36. The molecule has 0 radical (unpaired) electrons. The molecule has 3 heterocycles. The smallest absolute Gasteiger partial charge is 0.332 e. The van der Waals surface area contributed by atoms with E-state index in [1.807, 2.05) is 30.3 Å². The molecule has 0 bridgehead atoms.